The van der Waals surface area contributed by atoms with Crippen LogP contribution in [0.1, 0.15) is 16.7 Å². The summed E-state index contributed by atoms with van der Waals surface area (Å²) in [4.78, 5) is 0. The van der Waals surface area contributed by atoms with Crippen LogP contribution in [0.3, 0.4) is 0 Å². The molecule has 3 heteroatoms. The fraction of sp³-hybridized carbons (Fsp3) is 0.250. The summed E-state index contributed by atoms with van der Waals surface area (Å²) in [6, 6.07) is 31.3. The molecule has 0 saturated carbocycles. The van der Waals surface area contributed by atoms with E-state index in [1.807, 2.05) is 18.2 Å². The summed E-state index contributed by atoms with van der Waals surface area (Å²) in [6.07, 6.45) is 0.439. The van der Waals surface area contributed by atoms with Crippen LogP contribution in [0.15, 0.2) is 91.0 Å². The van der Waals surface area contributed by atoms with Gasteiger partial charge in [-0.05, 0) is 16.7 Å². The smallest absolute Gasteiger partial charge is 0.143 e. The maximum Gasteiger partial charge on any atom is 0.143 e. The molecule has 0 unspecified atom stereocenters. The highest BCUT2D eigenvalue weighted by atomic mass is 16.7. The number of ether oxygens (including phenoxy) is 3. The standard InChI is InChI=1S/C24H22O3/c1-4-10-18(11-5-1)24(19-12-6-2-7-13-19,20-14-8-3-9-15-20)26-17-21-23-22(27-23)16-25-21/h1-15,21-23H,16-17H2/t21-,22+,23-/m1/s1. The van der Waals surface area contributed by atoms with Crippen molar-refractivity contribution < 1.29 is 14.2 Å². The summed E-state index contributed by atoms with van der Waals surface area (Å²) in [5, 5.41) is 0. The van der Waals surface area contributed by atoms with Crippen LogP contribution < -0.4 is 0 Å². The second kappa shape index (κ2) is 6.93. The van der Waals surface area contributed by atoms with Crippen LogP contribution >= 0.6 is 0 Å². The lowest BCUT2D eigenvalue weighted by Crippen LogP contribution is -2.36. The Morgan fingerprint density at radius 3 is 1.59 bits per heavy atom. The van der Waals surface area contributed by atoms with E-state index in [9.17, 15) is 0 Å². The number of epoxide rings is 1. The average Bonchev–Trinajstić information content (AvgIpc) is 3.43. The van der Waals surface area contributed by atoms with Crippen LogP contribution in [-0.2, 0) is 19.8 Å². The lowest BCUT2D eigenvalue weighted by molar-refractivity contribution is -0.0702. The number of fused-ring (bicyclic) bond motifs is 1. The van der Waals surface area contributed by atoms with Crippen molar-refractivity contribution in [2.45, 2.75) is 23.9 Å². The summed E-state index contributed by atoms with van der Waals surface area (Å²) in [5.41, 5.74) is 2.62. The van der Waals surface area contributed by atoms with Gasteiger partial charge in [0.1, 0.15) is 23.9 Å². The van der Waals surface area contributed by atoms with E-state index in [1.54, 1.807) is 0 Å². The molecule has 3 atom stereocenters. The van der Waals surface area contributed by atoms with Crippen LogP contribution in [0.5, 0.6) is 0 Å². The highest BCUT2D eigenvalue weighted by molar-refractivity contribution is 5.47. The minimum atomic E-state index is -0.694. The maximum absolute atomic E-state index is 6.76. The summed E-state index contributed by atoms with van der Waals surface area (Å²) in [5.74, 6) is 0. The zero-order chi connectivity index (χ0) is 18.1. The quantitative estimate of drug-likeness (QED) is 0.490. The number of hydrogen-bond acceptors (Lipinski definition) is 3. The molecule has 0 aromatic heterocycles. The van der Waals surface area contributed by atoms with Crippen LogP contribution in [0.2, 0.25) is 0 Å². The molecule has 3 aromatic carbocycles. The molecule has 2 saturated heterocycles. The van der Waals surface area contributed by atoms with Gasteiger partial charge in [0, 0.05) is 0 Å². The van der Waals surface area contributed by atoms with Gasteiger partial charge in [-0.25, -0.2) is 0 Å². The molecular weight excluding hydrogens is 336 g/mol. The van der Waals surface area contributed by atoms with Crippen molar-refractivity contribution in [2.75, 3.05) is 13.2 Å². The molecule has 3 aromatic rings. The number of benzene rings is 3. The Morgan fingerprint density at radius 2 is 1.22 bits per heavy atom. The third kappa shape index (κ3) is 2.98. The number of hydrogen-bond donors (Lipinski definition) is 0. The van der Waals surface area contributed by atoms with Gasteiger partial charge in [0.15, 0.2) is 0 Å². The Bertz CT molecular complexity index is 783. The van der Waals surface area contributed by atoms with Gasteiger partial charge < -0.3 is 14.2 Å². The van der Waals surface area contributed by atoms with Gasteiger partial charge >= 0.3 is 0 Å². The summed E-state index contributed by atoms with van der Waals surface area (Å²) in [6.45, 7) is 1.16. The van der Waals surface area contributed by atoms with E-state index in [0.717, 1.165) is 16.7 Å². The lowest BCUT2D eigenvalue weighted by Gasteiger charge is -2.36. The summed E-state index contributed by atoms with van der Waals surface area (Å²) >= 11 is 0. The van der Waals surface area contributed by atoms with Gasteiger partial charge in [0.05, 0.1) is 13.2 Å². The van der Waals surface area contributed by atoms with Crippen molar-refractivity contribution in [1.29, 1.82) is 0 Å². The Hall–Kier alpha value is -2.46. The van der Waals surface area contributed by atoms with Crippen molar-refractivity contribution >= 4 is 0 Å². The minimum Gasteiger partial charge on any atom is -0.370 e. The molecule has 2 heterocycles. The molecule has 0 aliphatic carbocycles. The summed E-state index contributed by atoms with van der Waals surface area (Å²) in [7, 11) is 0. The molecule has 136 valence electrons. The van der Waals surface area contributed by atoms with E-state index in [-0.39, 0.29) is 18.3 Å². The van der Waals surface area contributed by atoms with Crippen molar-refractivity contribution in [2.24, 2.45) is 0 Å². The van der Waals surface area contributed by atoms with Gasteiger partial charge in [-0.3, -0.25) is 0 Å². The van der Waals surface area contributed by atoms with Crippen molar-refractivity contribution in [3.63, 3.8) is 0 Å². The molecule has 0 amide bonds. The van der Waals surface area contributed by atoms with E-state index in [2.05, 4.69) is 72.8 Å². The number of rotatable bonds is 6. The SMILES string of the molecule is c1ccc(C(OC[C@H]2OC[C@@H]3O[C@@H]32)(c2ccccc2)c2ccccc2)cc1. The van der Waals surface area contributed by atoms with Crippen LogP contribution in [0, 0.1) is 0 Å². The molecule has 0 bridgehead atoms. The average molecular weight is 358 g/mol. The highest BCUT2D eigenvalue weighted by Gasteiger charge is 2.52. The molecule has 0 radical (unpaired) electrons. The topological polar surface area (TPSA) is 31.0 Å². The first-order chi connectivity index (χ1) is 13.4. The van der Waals surface area contributed by atoms with Crippen LogP contribution in [-0.4, -0.2) is 31.5 Å². The normalized spacial score (nSPS) is 23.8. The summed E-state index contributed by atoms with van der Waals surface area (Å²) < 4.78 is 18.3. The van der Waals surface area contributed by atoms with Gasteiger partial charge in [0.25, 0.3) is 0 Å². The Morgan fingerprint density at radius 1 is 0.741 bits per heavy atom. The predicted molar refractivity (Wildman–Crippen MR) is 104 cm³/mol. The fourth-order valence-electron chi connectivity index (χ4n) is 4.05. The first-order valence-electron chi connectivity index (χ1n) is 9.45. The van der Waals surface area contributed by atoms with E-state index in [0.29, 0.717) is 13.2 Å². The molecule has 0 spiro atoms. The van der Waals surface area contributed by atoms with Gasteiger partial charge in [-0.2, -0.15) is 0 Å². The van der Waals surface area contributed by atoms with Crippen LogP contribution in [0.25, 0.3) is 0 Å². The Balaban J connectivity index is 1.62. The molecular formula is C24H22O3. The third-order valence-corrected chi connectivity index (χ3v) is 5.47. The predicted octanol–water partition coefficient (Wildman–Crippen LogP) is 4.16. The lowest BCUT2D eigenvalue weighted by atomic mass is 9.80. The van der Waals surface area contributed by atoms with Crippen molar-refractivity contribution in [1.82, 2.24) is 0 Å². The van der Waals surface area contributed by atoms with Gasteiger partial charge in [-0.1, -0.05) is 91.0 Å². The molecule has 3 nitrogen and oxygen atoms in total. The van der Waals surface area contributed by atoms with Crippen molar-refractivity contribution in [3.05, 3.63) is 108 Å². The largest absolute Gasteiger partial charge is 0.370 e. The molecule has 27 heavy (non-hydrogen) atoms. The second-order valence-corrected chi connectivity index (χ2v) is 7.10. The molecule has 2 aliphatic heterocycles. The van der Waals surface area contributed by atoms with E-state index >= 15 is 0 Å². The zero-order valence-electron chi connectivity index (χ0n) is 15.0. The fourth-order valence-corrected chi connectivity index (χ4v) is 4.05. The second-order valence-electron chi connectivity index (χ2n) is 7.10. The maximum atomic E-state index is 6.76. The van der Waals surface area contributed by atoms with E-state index in [1.165, 1.54) is 0 Å². The first-order valence-corrected chi connectivity index (χ1v) is 9.45. The highest BCUT2D eigenvalue weighted by Crippen LogP contribution is 2.42. The third-order valence-electron chi connectivity index (χ3n) is 5.47. The molecule has 0 N–H and O–H groups in total. The monoisotopic (exact) mass is 358 g/mol. The van der Waals surface area contributed by atoms with E-state index in [4.69, 9.17) is 14.2 Å². The van der Waals surface area contributed by atoms with Crippen LogP contribution in [0.4, 0.5) is 0 Å². The Labute approximate surface area is 159 Å². The molecule has 2 aliphatic rings. The van der Waals surface area contributed by atoms with E-state index < -0.39 is 5.60 Å². The molecule has 2 fully saturated rings. The Kier molecular flexibility index (Phi) is 4.29. The first kappa shape index (κ1) is 16.7. The molecule has 5 rings (SSSR count). The zero-order valence-corrected chi connectivity index (χ0v) is 15.0. The van der Waals surface area contributed by atoms with Gasteiger partial charge in [-0.15, -0.1) is 0 Å². The van der Waals surface area contributed by atoms with Crippen molar-refractivity contribution in [3.8, 4) is 0 Å². The van der Waals surface area contributed by atoms with Gasteiger partial charge in [0.2, 0.25) is 0 Å². The minimum absolute atomic E-state index is 0.00879.